The van der Waals surface area contributed by atoms with Crippen LogP contribution in [0.2, 0.25) is 0 Å². The van der Waals surface area contributed by atoms with E-state index in [1.807, 2.05) is 26.8 Å². The summed E-state index contributed by atoms with van der Waals surface area (Å²) >= 11 is 0. The Morgan fingerprint density at radius 1 is 1.36 bits per heavy atom. The number of pyridine rings is 1. The molecule has 0 amide bonds. The second kappa shape index (κ2) is 4.50. The Hall–Kier alpha value is -1.71. The lowest BCUT2D eigenvalue weighted by atomic mass is 10.2. The van der Waals surface area contributed by atoms with Crippen LogP contribution in [0.4, 0.5) is 0 Å². The molecule has 2 aromatic heterocycles. The van der Waals surface area contributed by atoms with E-state index in [1.54, 1.807) is 12.3 Å². The molecule has 0 aliphatic heterocycles. The van der Waals surface area contributed by atoms with E-state index < -0.39 is 0 Å². The van der Waals surface area contributed by atoms with Crippen molar-refractivity contribution >= 4 is 10.9 Å². The Morgan fingerprint density at radius 3 is 2.71 bits per heavy atom. The monoisotopic (exact) mass is 191 g/mol. The molecular weight excluding hydrogens is 178 g/mol. The number of aromatic nitrogens is 3. The minimum atomic E-state index is -0.240. The van der Waals surface area contributed by atoms with Crippen molar-refractivity contribution in [3.8, 4) is 0 Å². The molecule has 4 heteroatoms. The normalized spacial score (nSPS) is 9.36. The first kappa shape index (κ1) is 10.4. The van der Waals surface area contributed by atoms with E-state index in [1.165, 1.54) is 0 Å². The van der Waals surface area contributed by atoms with Crippen LogP contribution in [-0.4, -0.2) is 15.2 Å². The van der Waals surface area contributed by atoms with Gasteiger partial charge < -0.3 is 0 Å². The van der Waals surface area contributed by atoms with Gasteiger partial charge in [0.1, 0.15) is 5.52 Å². The molecule has 74 valence electrons. The SMILES string of the molecule is CC.Cc1n[nH]c(=O)c2ncccc12. The predicted octanol–water partition coefficient (Wildman–Crippen LogP) is 1.65. The van der Waals surface area contributed by atoms with Crippen LogP contribution in [0.25, 0.3) is 10.9 Å². The molecule has 14 heavy (non-hydrogen) atoms. The molecule has 0 spiro atoms. The molecule has 0 saturated carbocycles. The number of H-pyrrole nitrogens is 1. The molecule has 2 rings (SSSR count). The van der Waals surface area contributed by atoms with Crippen molar-refractivity contribution in [2.75, 3.05) is 0 Å². The van der Waals surface area contributed by atoms with Gasteiger partial charge >= 0.3 is 0 Å². The van der Waals surface area contributed by atoms with Gasteiger partial charge in [-0.2, -0.15) is 5.10 Å². The average Bonchev–Trinajstić information content (AvgIpc) is 2.27. The largest absolute Gasteiger partial charge is 0.290 e. The molecule has 0 saturated heterocycles. The summed E-state index contributed by atoms with van der Waals surface area (Å²) < 4.78 is 0. The highest BCUT2D eigenvalue weighted by Gasteiger charge is 2.01. The first-order valence-corrected chi connectivity index (χ1v) is 4.59. The Kier molecular flexibility index (Phi) is 3.34. The third-order valence-electron chi connectivity index (χ3n) is 1.74. The van der Waals surface area contributed by atoms with Gasteiger partial charge in [0, 0.05) is 11.6 Å². The van der Waals surface area contributed by atoms with Gasteiger partial charge in [0.05, 0.1) is 5.69 Å². The minimum Gasteiger partial charge on any atom is -0.266 e. The summed E-state index contributed by atoms with van der Waals surface area (Å²) in [5.74, 6) is 0. The fraction of sp³-hybridized carbons (Fsp3) is 0.300. The van der Waals surface area contributed by atoms with Crippen molar-refractivity contribution in [3.63, 3.8) is 0 Å². The van der Waals surface area contributed by atoms with Crippen LogP contribution in [-0.2, 0) is 0 Å². The summed E-state index contributed by atoms with van der Waals surface area (Å²) in [6, 6.07) is 3.62. The van der Waals surface area contributed by atoms with E-state index >= 15 is 0 Å². The minimum absolute atomic E-state index is 0.240. The number of hydrogen-bond donors (Lipinski definition) is 1. The molecule has 0 fully saturated rings. The molecule has 0 atom stereocenters. The lowest BCUT2D eigenvalue weighted by molar-refractivity contribution is 0.964. The molecular formula is C10H13N3O. The van der Waals surface area contributed by atoms with Gasteiger partial charge in [0.25, 0.3) is 5.56 Å². The Morgan fingerprint density at radius 2 is 2.07 bits per heavy atom. The van der Waals surface area contributed by atoms with Crippen LogP contribution in [0.15, 0.2) is 23.1 Å². The second-order valence-electron chi connectivity index (χ2n) is 2.54. The summed E-state index contributed by atoms with van der Waals surface area (Å²) in [6.07, 6.45) is 1.59. The summed E-state index contributed by atoms with van der Waals surface area (Å²) in [7, 11) is 0. The van der Waals surface area contributed by atoms with E-state index in [0.717, 1.165) is 11.1 Å². The topological polar surface area (TPSA) is 58.6 Å². The molecule has 0 aliphatic rings. The van der Waals surface area contributed by atoms with Crippen LogP contribution in [0, 0.1) is 6.92 Å². The van der Waals surface area contributed by atoms with Gasteiger partial charge in [-0.3, -0.25) is 9.78 Å². The van der Waals surface area contributed by atoms with Gasteiger partial charge in [0.2, 0.25) is 0 Å². The maximum atomic E-state index is 11.2. The molecule has 2 aromatic rings. The van der Waals surface area contributed by atoms with E-state index in [9.17, 15) is 4.79 Å². The Bertz CT molecular complexity index is 476. The summed E-state index contributed by atoms with van der Waals surface area (Å²) in [5, 5.41) is 7.01. The van der Waals surface area contributed by atoms with Crippen LogP contribution in [0.3, 0.4) is 0 Å². The Labute approximate surface area is 82.0 Å². The first-order chi connectivity index (χ1) is 6.79. The quantitative estimate of drug-likeness (QED) is 0.688. The number of nitrogens with zero attached hydrogens (tertiary/aromatic N) is 2. The molecule has 0 aromatic carbocycles. The molecule has 0 unspecified atom stereocenters. The second-order valence-corrected chi connectivity index (χ2v) is 2.54. The smallest absolute Gasteiger partial charge is 0.266 e. The lowest BCUT2D eigenvalue weighted by Crippen LogP contribution is -2.10. The van der Waals surface area contributed by atoms with Gasteiger partial charge in [0.15, 0.2) is 0 Å². The fourth-order valence-corrected chi connectivity index (χ4v) is 1.13. The van der Waals surface area contributed by atoms with Crippen LogP contribution < -0.4 is 5.56 Å². The standard InChI is InChI=1S/C8H7N3O.C2H6/c1-5-6-3-2-4-9-7(6)8(12)11-10-5;1-2/h2-4H,1H3,(H,11,12);1-2H3. The van der Waals surface area contributed by atoms with Crippen molar-refractivity contribution in [2.24, 2.45) is 0 Å². The van der Waals surface area contributed by atoms with E-state index in [2.05, 4.69) is 15.2 Å². The molecule has 0 bridgehead atoms. The van der Waals surface area contributed by atoms with E-state index in [-0.39, 0.29) is 5.56 Å². The average molecular weight is 191 g/mol. The maximum Gasteiger partial charge on any atom is 0.290 e. The number of aromatic amines is 1. The number of nitrogens with one attached hydrogen (secondary N) is 1. The van der Waals surface area contributed by atoms with Gasteiger partial charge in [-0.05, 0) is 19.1 Å². The highest BCUT2D eigenvalue weighted by atomic mass is 16.1. The lowest BCUT2D eigenvalue weighted by Gasteiger charge is -1.96. The van der Waals surface area contributed by atoms with Gasteiger partial charge in [-0.1, -0.05) is 13.8 Å². The molecule has 1 N–H and O–H groups in total. The van der Waals surface area contributed by atoms with Crippen LogP contribution in [0.1, 0.15) is 19.5 Å². The van der Waals surface area contributed by atoms with Crippen molar-refractivity contribution in [3.05, 3.63) is 34.4 Å². The zero-order chi connectivity index (χ0) is 10.6. The van der Waals surface area contributed by atoms with Crippen molar-refractivity contribution in [1.82, 2.24) is 15.2 Å². The highest BCUT2D eigenvalue weighted by molar-refractivity contribution is 5.78. The number of hydrogen-bond acceptors (Lipinski definition) is 3. The van der Waals surface area contributed by atoms with E-state index in [0.29, 0.717) is 5.52 Å². The number of rotatable bonds is 0. The van der Waals surface area contributed by atoms with Gasteiger partial charge in [-0.15, -0.1) is 0 Å². The molecule has 0 aliphatic carbocycles. The third-order valence-corrected chi connectivity index (χ3v) is 1.74. The predicted molar refractivity (Wildman–Crippen MR) is 56.2 cm³/mol. The summed E-state index contributed by atoms with van der Waals surface area (Å²) in [4.78, 5) is 15.1. The zero-order valence-corrected chi connectivity index (χ0v) is 8.53. The number of fused-ring (bicyclic) bond motifs is 1. The highest BCUT2D eigenvalue weighted by Crippen LogP contribution is 2.07. The molecule has 4 nitrogen and oxygen atoms in total. The zero-order valence-electron chi connectivity index (χ0n) is 8.53. The van der Waals surface area contributed by atoms with Crippen molar-refractivity contribution in [1.29, 1.82) is 0 Å². The summed E-state index contributed by atoms with van der Waals surface area (Å²) in [5.41, 5.74) is 0.999. The van der Waals surface area contributed by atoms with E-state index in [4.69, 9.17) is 0 Å². The van der Waals surface area contributed by atoms with Crippen LogP contribution >= 0.6 is 0 Å². The number of aryl methyl sites for hydroxylation is 1. The first-order valence-electron chi connectivity index (χ1n) is 4.59. The fourth-order valence-electron chi connectivity index (χ4n) is 1.13. The van der Waals surface area contributed by atoms with Crippen LogP contribution in [0.5, 0.6) is 0 Å². The van der Waals surface area contributed by atoms with Crippen molar-refractivity contribution in [2.45, 2.75) is 20.8 Å². The summed E-state index contributed by atoms with van der Waals surface area (Å²) in [6.45, 7) is 5.83. The molecule has 0 radical (unpaired) electrons. The van der Waals surface area contributed by atoms with Gasteiger partial charge in [-0.25, -0.2) is 5.10 Å². The molecule has 2 heterocycles. The third kappa shape index (κ3) is 1.79. The van der Waals surface area contributed by atoms with Crippen molar-refractivity contribution < 1.29 is 0 Å². The Balaban J connectivity index is 0.000000461. The maximum absolute atomic E-state index is 11.2.